The van der Waals surface area contributed by atoms with Crippen LogP contribution >= 0.6 is 0 Å². The number of nitrogens with zero attached hydrogens (tertiary/aromatic N) is 1. The van der Waals surface area contributed by atoms with E-state index in [-0.39, 0.29) is 24.3 Å². The molecule has 1 aliphatic heterocycles. The Kier molecular flexibility index (Phi) is 8.13. The molecule has 9 nitrogen and oxygen atoms in total. The predicted molar refractivity (Wildman–Crippen MR) is 120 cm³/mol. The van der Waals surface area contributed by atoms with Crippen LogP contribution in [-0.4, -0.2) is 60.0 Å². The molecule has 1 fully saturated rings. The standard InChI is InChI=1S/C23H32N4O5/c1-14-16(8-6-9-17(14)25-15(2)29)20(30)26-19(23(3,4)5)22(32)27-12-7-10-18(27)21(31)24-11-13-28/h6,8-9,13,18-19H,7,10-12H2,1-5H3,(H,24,31)(H,25,29)(H,26,30)/t18-,19+/m0/s1. The summed E-state index contributed by atoms with van der Waals surface area (Å²) in [5.41, 5.74) is 0.838. The second-order valence-electron chi connectivity index (χ2n) is 9.03. The van der Waals surface area contributed by atoms with Crippen LogP contribution in [0.1, 0.15) is 56.5 Å². The molecule has 1 aromatic rings. The van der Waals surface area contributed by atoms with Crippen LogP contribution in [0.3, 0.4) is 0 Å². The fourth-order valence-electron chi connectivity index (χ4n) is 3.79. The van der Waals surface area contributed by atoms with Crippen LogP contribution in [0.2, 0.25) is 0 Å². The van der Waals surface area contributed by atoms with E-state index in [9.17, 15) is 24.0 Å². The Morgan fingerprint density at radius 2 is 1.91 bits per heavy atom. The zero-order valence-corrected chi connectivity index (χ0v) is 19.3. The van der Waals surface area contributed by atoms with E-state index in [1.54, 1.807) is 25.1 Å². The van der Waals surface area contributed by atoms with E-state index < -0.39 is 23.4 Å². The number of carbonyl (C=O) groups is 5. The maximum absolute atomic E-state index is 13.4. The van der Waals surface area contributed by atoms with Gasteiger partial charge in [0.25, 0.3) is 5.91 Å². The molecule has 0 spiro atoms. The largest absolute Gasteiger partial charge is 0.348 e. The number of nitrogens with one attached hydrogen (secondary N) is 3. The number of anilines is 1. The normalized spacial score (nSPS) is 16.8. The molecule has 174 valence electrons. The Bertz CT molecular complexity index is 906. The van der Waals surface area contributed by atoms with Crippen LogP contribution in [0.25, 0.3) is 0 Å². The highest BCUT2D eigenvalue weighted by atomic mass is 16.2. The van der Waals surface area contributed by atoms with Crippen molar-refractivity contribution in [2.24, 2.45) is 5.41 Å². The lowest BCUT2D eigenvalue weighted by atomic mass is 9.85. The molecular weight excluding hydrogens is 412 g/mol. The molecule has 1 heterocycles. The minimum atomic E-state index is -0.877. The zero-order chi connectivity index (χ0) is 24.1. The van der Waals surface area contributed by atoms with Gasteiger partial charge in [-0.2, -0.15) is 0 Å². The van der Waals surface area contributed by atoms with Gasteiger partial charge in [-0.3, -0.25) is 19.2 Å². The van der Waals surface area contributed by atoms with Crippen molar-refractivity contribution in [1.82, 2.24) is 15.5 Å². The molecule has 1 aromatic carbocycles. The molecule has 0 unspecified atom stereocenters. The average Bonchev–Trinajstić information content (AvgIpc) is 3.20. The fourth-order valence-corrected chi connectivity index (χ4v) is 3.79. The van der Waals surface area contributed by atoms with Gasteiger partial charge in [-0.1, -0.05) is 26.8 Å². The first kappa shape index (κ1) is 25.0. The molecule has 0 bridgehead atoms. The summed E-state index contributed by atoms with van der Waals surface area (Å²) in [4.78, 5) is 62.5. The van der Waals surface area contributed by atoms with Gasteiger partial charge in [0.1, 0.15) is 18.4 Å². The Balaban J connectivity index is 2.27. The SMILES string of the molecule is CC(=O)Nc1cccc(C(=O)N[C@H](C(=O)N2CCC[C@H]2C(=O)NCC=O)C(C)(C)C)c1C. The first-order chi connectivity index (χ1) is 15.0. The number of carbonyl (C=O) groups excluding carboxylic acids is 5. The number of rotatable bonds is 7. The molecule has 9 heteroatoms. The van der Waals surface area contributed by atoms with Gasteiger partial charge in [-0.15, -0.1) is 0 Å². The third kappa shape index (κ3) is 5.93. The molecule has 4 amide bonds. The van der Waals surface area contributed by atoms with Crippen LogP contribution in [0.4, 0.5) is 5.69 Å². The van der Waals surface area contributed by atoms with Gasteiger partial charge in [-0.05, 0) is 42.9 Å². The van der Waals surface area contributed by atoms with Gasteiger partial charge in [0.2, 0.25) is 17.7 Å². The molecule has 1 saturated heterocycles. The van der Waals surface area contributed by atoms with E-state index in [1.807, 2.05) is 20.8 Å². The van der Waals surface area contributed by atoms with Crippen molar-refractivity contribution in [1.29, 1.82) is 0 Å². The minimum absolute atomic E-state index is 0.110. The summed E-state index contributed by atoms with van der Waals surface area (Å²) in [5, 5.41) is 8.04. The number of benzene rings is 1. The number of likely N-dealkylation sites (tertiary alicyclic amines) is 1. The van der Waals surface area contributed by atoms with Crippen LogP contribution < -0.4 is 16.0 Å². The average molecular weight is 445 g/mol. The summed E-state index contributed by atoms with van der Waals surface area (Å²) in [6, 6.07) is 3.44. The Morgan fingerprint density at radius 1 is 1.22 bits per heavy atom. The first-order valence-corrected chi connectivity index (χ1v) is 10.7. The van der Waals surface area contributed by atoms with Gasteiger partial charge in [-0.25, -0.2) is 0 Å². The lowest BCUT2D eigenvalue weighted by Crippen LogP contribution is -2.57. The molecule has 2 atom stereocenters. The summed E-state index contributed by atoms with van der Waals surface area (Å²) >= 11 is 0. The van der Waals surface area contributed by atoms with Crippen molar-refractivity contribution in [3.8, 4) is 0 Å². The molecule has 0 aromatic heterocycles. The van der Waals surface area contributed by atoms with Crippen LogP contribution in [-0.2, 0) is 19.2 Å². The quantitative estimate of drug-likeness (QED) is 0.549. The highest BCUT2D eigenvalue weighted by molar-refractivity contribution is 6.01. The Labute approximate surface area is 188 Å². The number of amides is 4. The molecule has 0 radical (unpaired) electrons. The van der Waals surface area contributed by atoms with E-state index in [1.165, 1.54) is 11.8 Å². The van der Waals surface area contributed by atoms with E-state index in [2.05, 4.69) is 16.0 Å². The van der Waals surface area contributed by atoms with Crippen LogP contribution in [0.5, 0.6) is 0 Å². The maximum atomic E-state index is 13.4. The smallest absolute Gasteiger partial charge is 0.252 e. The summed E-state index contributed by atoms with van der Waals surface area (Å²) in [6.07, 6.45) is 1.75. The highest BCUT2D eigenvalue weighted by Crippen LogP contribution is 2.27. The van der Waals surface area contributed by atoms with E-state index in [0.717, 1.165) is 0 Å². The predicted octanol–water partition coefficient (Wildman–Crippen LogP) is 1.40. The number of aldehydes is 1. The van der Waals surface area contributed by atoms with E-state index >= 15 is 0 Å². The molecule has 1 aliphatic rings. The van der Waals surface area contributed by atoms with Crippen molar-refractivity contribution >= 4 is 35.6 Å². The summed E-state index contributed by atoms with van der Waals surface area (Å²) < 4.78 is 0. The molecule has 0 aliphatic carbocycles. The van der Waals surface area contributed by atoms with Gasteiger partial charge in [0.05, 0.1) is 6.54 Å². The van der Waals surface area contributed by atoms with Crippen molar-refractivity contribution in [2.45, 2.75) is 59.5 Å². The molecule has 3 N–H and O–H groups in total. The van der Waals surface area contributed by atoms with Crippen LogP contribution in [0.15, 0.2) is 18.2 Å². The monoisotopic (exact) mass is 444 g/mol. The third-order valence-electron chi connectivity index (χ3n) is 5.48. The van der Waals surface area contributed by atoms with Crippen molar-refractivity contribution in [3.63, 3.8) is 0 Å². The number of hydrogen-bond donors (Lipinski definition) is 3. The van der Waals surface area contributed by atoms with Gasteiger partial charge in [0.15, 0.2) is 0 Å². The lowest BCUT2D eigenvalue weighted by molar-refractivity contribution is -0.141. The number of hydrogen-bond acceptors (Lipinski definition) is 5. The van der Waals surface area contributed by atoms with Crippen molar-refractivity contribution in [3.05, 3.63) is 29.3 Å². The highest BCUT2D eigenvalue weighted by Gasteiger charge is 2.42. The first-order valence-electron chi connectivity index (χ1n) is 10.7. The topological polar surface area (TPSA) is 125 Å². The lowest BCUT2D eigenvalue weighted by Gasteiger charge is -2.35. The molecule has 2 rings (SSSR count). The van der Waals surface area contributed by atoms with Crippen molar-refractivity contribution < 1.29 is 24.0 Å². The summed E-state index contributed by atoms with van der Waals surface area (Å²) in [7, 11) is 0. The van der Waals surface area contributed by atoms with Crippen molar-refractivity contribution in [2.75, 3.05) is 18.4 Å². The molecule has 0 saturated carbocycles. The summed E-state index contributed by atoms with van der Waals surface area (Å²) in [5.74, 6) is -1.41. The zero-order valence-electron chi connectivity index (χ0n) is 19.3. The van der Waals surface area contributed by atoms with E-state index in [0.29, 0.717) is 42.5 Å². The third-order valence-corrected chi connectivity index (χ3v) is 5.48. The van der Waals surface area contributed by atoms with Gasteiger partial charge >= 0.3 is 0 Å². The Hall–Kier alpha value is -3.23. The second-order valence-corrected chi connectivity index (χ2v) is 9.03. The Morgan fingerprint density at radius 3 is 2.50 bits per heavy atom. The molecular formula is C23H32N4O5. The summed E-state index contributed by atoms with van der Waals surface area (Å²) in [6.45, 7) is 8.92. The van der Waals surface area contributed by atoms with E-state index in [4.69, 9.17) is 0 Å². The second kappa shape index (κ2) is 10.4. The van der Waals surface area contributed by atoms with Crippen LogP contribution in [0, 0.1) is 12.3 Å². The molecule has 32 heavy (non-hydrogen) atoms. The maximum Gasteiger partial charge on any atom is 0.252 e. The minimum Gasteiger partial charge on any atom is -0.348 e. The van der Waals surface area contributed by atoms with Gasteiger partial charge < -0.3 is 25.6 Å². The fraction of sp³-hybridized carbons (Fsp3) is 0.522. The van der Waals surface area contributed by atoms with Gasteiger partial charge in [0, 0.05) is 24.7 Å².